The molecule has 0 aliphatic heterocycles. The highest BCUT2D eigenvalue weighted by Gasteiger charge is 2.20. The summed E-state index contributed by atoms with van der Waals surface area (Å²) in [6, 6.07) is -0.613. The number of nitrogens with one attached hydrogen (secondary N) is 2. The lowest BCUT2D eigenvalue weighted by Crippen LogP contribution is -2.43. The summed E-state index contributed by atoms with van der Waals surface area (Å²) >= 11 is 1.33. The molecule has 0 bridgehead atoms. The number of hydrogen-bond donors (Lipinski definition) is 2. The van der Waals surface area contributed by atoms with Gasteiger partial charge in [-0.25, -0.2) is 9.78 Å². The van der Waals surface area contributed by atoms with Crippen molar-refractivity contribution >= 4 is 28.5 Å². The van der Waals surface area contributed by atoms with Crippen LogP contribution in [0, 0.1) is 0 Å². The minimum Gasteiger partial charge on any atom is -0.450 e. The Labute approximate surface area is 116 Å². The van der Waals surface area contributed by atoms with Gasteiger partial charge in [-0.1, -0.05) is 20.3 Å². The van der Waals surface area contributed by atoms with E-state index in [-0.39, 0.29) is 5.91 Å². The van der Waals surface area contributed by atoms with Crippen molar-refractivity contribution in [1.82, 2.24) is 10.3 Å². The Morgan fingerprint density at radius 2 is 2.26 bits per heavy atom. The van der Waals surface area contributed by atoms with E-state index in [1.165, 1.54) is 11.3 Å². The molecule has 0 saturated carbocycles. The summed E-state index contributed by atoms with van der Waals surface area (Å²) in [5, 5.41) is 7.47. The monoisotopic (exact) mass is 285 g/mol. The van der Waals surface area contributed by atoms with Crippen LogP contribution < -0.4 is 10.6 Å². The minimum atomic E-state index is -0.613. The fraction of sp³-hybridized carbons (Fsp3) is 0.583. The maximum Gasteiger partial charge on any atom is 0.407 e. The van der Waals surface area contributed by atoms with Crippen molar-refractivity contribution in [3.05, 3.63) is 11.6 Å². The van der Waals surface area contributed by atoms with Crippen molar-refractivity contribution in [3.8, 4) is 0 Å². The number of rotatable bonds is 7. The molecule has 19 heavy (non-hydrogen) atoms. The van der Waals surface area contributed by atoms with Crippen LogP contribution in [-0.4, -0.2) is 29.6 Å². The van der Waals surface area contributed by atoms with Gasteiger partial charge < -0.3 is 15.4 Å². The number of carbonyl (C=O) groups is 2. The third-order valence-corrected chi connectivity index (χ3v) is 3.10. The first-order valence-corrected chi connectivity index (χ1v) is 7.19. The van der Waals surface area contributed by atoms with Gasteiger partial charge in [-0.05, 0) is 12.8 Å². The maximum atomic E-state index is 11.9. The van der Waals surface area contributed by atoms with E-state index in [0.29, 0.717) is 18.2 Å². The number of nitrogens with zero attached hydrogens (tertiary/aromatic N) is 1. The summed E-state index contributed by atoms with van der Waals surface area (Å²) < 4.78 is 4.96. The van der Waals surface area contributed by atoms with E-state index in [2.05, 4.69) is 15.6 Å². The van der Waals surface area contributed by atoms with Crippen LogP contribution in [0.25, 0.3) is 0 Å². The van der Waals surface area contributed by atoms with Crippen LogP contribution in [0.1, 0.15) is 33.1 Å². The van der Waals surface area contributed by atoms with E-state index >= 15 is 0 Å². The van der Waals surface area contributed by atoms with E-state index in [1.54, 1.807) is 11.6 Å². The molecule has 0 aliphatic carbocycles. The predicted molar refractivity (Wildman–Crippen MR) is 74.2 cm³/mol. The molecule has 0 saturated heterocycles. The zero-order valence-corrected chi connectivity index (χ0v) is 12.0. The van der Waals surface area contributed by atoms with Gasteiger partial charge in [0, 0.05) is 11.6 Å². The van der Waals surface area contributed by atoms with Crippen LogP contribution in [0.2, 0.25) is 0 Å². The Balaban J connectivity index is 2.39. The lowest BCUT2D eigenvalue weighted by molar-refractivity contribution is -0.118. The molecule has 1 aromatic rings. The Morgan fingerprint density at radius 3 is 2.84 bits per heavy atom. The summed E-state index contributed by atoms with van der Waals surface area (Å²) in [5.74, 6) is -0.287. The van der Waals surface area contributed by atoms with Crippen molar-refractivity contribution in [3.63, 3.8) is 0 Å². The molecule has 0 aliphatic rings. The Morgan fingerprint density at radius 1 is 1.47 bits per heavy atom. The van der Waals surface area contributed by atoms with Gasteiger partial charge in [0.25, 0.3) is 0 Å². The summed E-state index contributed by atoms with van der Waals surface area (Å²) in [7, 11) is 0. The Bertz CT molecular complexity index is 395. The van der Waals surface area contributed by atoms with Gasteiger partial charge in [-0.2, -0.15) is 0 Å². The highest BCUT2D eigenvalue weighted by molar-refractivity contribution is 7.13. The highest BCUT2D eigenvalue weighted by Crippen LogP contribution is 2.11. The summed E-state index contributed by atoms with van der Waals surface area (Å²) in [5.41, 5.74) is 0. The Kier molecular flexibility index (Phi) is 6.88. The lowest BCUT2D eigenvalue weighted by atomic mass is 10.2. The van der Waals surface area contributed by atoms with Gasteiger partial charge in [0.1, 0.15) is 6.04 Å². The smallest absolute Gasteiger partial charge is 0.407 e. The normalized spacial score (nSPS) is 11.7. The van der Waals surface area contributed by atoms with Crippen LogP contribution in [-0.2, 0) is 9.53 Å². The summed E-state index contributed by atoms with van der Waals surface area (Å²) in [4.78, 5) is 27.3. The van der Waals surface area contributed by atoms with E-state index in [1.807, 2.05) is 13.8 Å². The quantitative estimate of drug-likeness (QED) is 0.754. The van der Waals surface area contributed by atoms with Crippen molar-refractivity contribution in [2.45, 2.75) is 39.2 Å². The molecule has 0 aromatic carbocycles. The van der Waals surface area contributed by atoms with Gasteiger partial charge >= 0.3 is 6.09 Å². The standard InChI is InChI=1S/C12H19N3O3S/c1-3-5-7-18-12(17)14-9(4-2)10(16)15-11-13-6-8-19-11/h6,8-9H,3-5,7H2,1-2H3,(H,14,17)(H,13,15,16). The molecule has 2 N–H and O–H groups in total. The maximum absolute atomic E-state index is 11.9. The molecular weight excluding hydrogens is 266 g/mol. The number of anilines is 1. The van der Waals surface area contributed by atoms with Gasteiger partial charge in [-0.15, -0.1) is 11.3 Å². The van der Waals surface area contributed by atoms with E-state index in [4.69, 9.17) is 4.74 Å². The average Bonchev–Trinajstić information content (AvgIpc) is 2.89. The number of alkyl carbamates (subject to hydrolysis) is 1. The highest BCUT2D eigenvalue weighted by atomic mass is 32.1. The number of ether oxygens (including phenoxy) is 1. The molecule has 1 unspecified atom stereocenters. The van der Waals surface area contributed by atoms with Crippen LogP contribution in [0.15, 0.2) is 11.6 Å². The zero-order chi connectivity index (χ0) is 14.1. The largest absolute Gasteiger partial charge is 0.450 e. The molecule has 1 heterocycles. The molecule has 7 heteroatoms. The third kappa shape index (κ3) is 5.69. The molecule has 0 fully saturated rings. The fourth-order valence-corrected chi connectivity index (χ4v) is 1.86. The molecule has 0 radical (unpaired) electrons. The van der Waals surface area contributed by atoms with Crippen LogP contribution in [0.4, 0.5) is 9.93 Å². The molecule has 6 nitrogen and oxygen atoms in total. The van der Waals surface area contributed by atoms with Gasteiger partial charge in [0.15, 0.2) is 5.13 Å². The molecule has 1 atom stereocenters. The minimum absolute atomic E-state index is 0.287. The first-order valence-electron chi connectivity index (χ1n) is 6.31. The molecular formula is C12H19N3O3S. The zero-order valence-electron chi connectivity index (χ0n) is 11.1. The lowest BCUT2D eigenvalue weighted by Gasteiger charge is -2.15. The molecule has 2 amide bonds. The van der Waals surface area contributed by atoms with Gasteiger partial charge in [0.2, 0.25) is 5.91 Å². The molecule has 1 aromatic heterocycles. The number of amides is 2. The summed E-state index contributed by atoms with van der Waals surface area (Å²) in [6.07, 6.45) is 3.30. The molecule has 0 spiro atoms. The fourth-order valence-electron chi connectivity index (χ4n) is 1.32. The first-order chi connectivity index (χ1) is 9.17. The average molecular weight is 285 g/mol. The first kappa shape index (κ1) is 15.4. The van der Waals surface area contributed by atoms with Crippen LogP contribution in [0.3, 0.4) is 0 Å². The SMILES string of the molecule is CCCCOC(=O)NC(CC)C(=O)Nc1nccs1. The third-order valence-electron chi connectivity index (χ3n) is 2.41. The number of aromatic nitrogens is 1. The topological polar surface area (TPSA) is 80.3 Å². The van der Waals surface area contributed by atoms with Gasteiger partial charge in [0.05, 0.1) is 6.61 Å². The number of hydrogen-bond acceptors (Lipinski definition) is 5. The van der Waals surface area contributed by atoms with E-state index in [0.717, 1.165) is 12.8 Å². The second-order valence-corrected chi connectivity index (χ2v) is 4.82. The molecule has 106 valence electrons. The van der Waals surface area contributed by atoms with Crippen molar-refractivity contribution in [1.29, 1.82) is 0 Å². The van der Waals surface area contributed by atoms with Crippen molar-refractivity contribution < 1.29 is 14.3 Å². The molecule has 1 rings (SSSR count). The van der Waals surface area contributed by atoms with Gasteiger partial charge in [-0.3, -0.25) is 4.79 Å². The van der Waals surface area contributed by atoms with E-state index in [9.17, 15) is 9.59 Å². The summed E-state index contributed by atoms with van der Waals surface area (Å²) in [6.45, 7) is 4.20. The Hall–Kier alpha value is -1.63. The second-order valence-electron chi connectivity index (χ2n) is 3.92. The van der Waals surface area contributed by atoms with Crippen LogP contribution >= 0.6 is 11.3 Å². The van der Waals surface area contributed by atoms with Crippen LogP contribution in [0.5, 0.6) is 0 Å². The van der Waals surface area contributed by atoms with Crippen molar-refractivity contribution in [2.24, 2.45) is 0 Å². The second kappa shape index (κ2) is 8.47. The number of thiazole rings is 1. The van der Waals surface area contributed by atoms with E-state index < -0.39 is 12.1 Å². The number of unbranched alkanes of at least 4 members (excludes halogenated alkanes) is 1. The number of carbonyl (C=O) groups excluding carboxylic acids is 2. The predicted octanol–water partition coefficient (Wildman–Crippen LogP) is 2.39. The van der Waals surface area contributed by atoms with Crippen molar-refractivity contribution in [2.75, 3.05) is 11.9 Å².